The summed E-state index contributed by atoms with van der Waals surface area (Å²) in [7, 11) is 2.04. The number of hydrogen-bond donors (Lipinski definition) is 0. The highest BCUT2D eigenvalue weighted by molar-refractivity contribution is 9.10. The van der Waals surface area contributed by atoms with Crippen molar-refractivity contribution in [3.63, 3.8) is 0 Å². The van der Waals surface area contributed by atoms with E-state index in [0.29, 0.717) is 6.42 Å². The molecule has 0 unspecified atom stereocenters. The quantitative estimate of drug-likeness (QED) is 0.720. The van der Waals surface area contributed by atoms with Crippen LogP contribution in [0.1, 0.15) is 27.9 Å². The Bertz CT molecular complexity index is 607. The summed E-state index contributed by atoms with van der Waals surface area (Å²) in [6.07, 6.45) is 0.546. The van der Waals surface area contributed by atoms with E-state index in [1.54, 1.807) is 0 Å². The average molecular weight is 346 g/mol. The van der Waals surface area contributed by atoms with Crippen LogP contribution in [0.15, 0.2) is 53.0 Å². The molecule has 0 aromatic heterocycles. The first-order valence-electron chi connectivity index (χ1n) is 7.08. The number of nitrogens with zero attached hydrogens (tertiary/aromatic N) is 1. The van der Waals surface area contributed by atoms with Gasteiger partial charge < -0.3 is 4.90 Å². The second kappa shape index (κ2) is 7.53. The number of aryl methyl sites for hydroxylation is 1. The van der Waals surface area contributed by atoms with E-state index in [0.717, 1.165) is 23.1 Å². The van der Waals surface area contributed by atoms with Gasteiger partial charge in [-0.05, 0) is 25.6 Å². The van der Waals surface area contributed by atoms with Crippen molar-refractivity contribution in [3.05, 3.63) is 69.7 Å². The molecule has 0 saturated heterocycles. The van der Waals surface area contributed by atoms with Crippen LogP contribution in [0.3, 0.4) is 0 Å². The fraction of sp³-hybridized carbons (Fsp3) is 0.278. The lowest BCUT2D eigenvalue weighted by molar-refractivity contribution is 0.0968. The Morgan fingerprint density at radius 1 is 1.10 bits per heavy atom. The predicted octanol–water partition coefficient (Wildman–Crippen LogP) is 4.46. The molecule has 2 nitrogen and oxygen atoms in total. The molecule has 3 heteroatoms. The van der Waals surface area contributed by atoms with E-state index in [1.807, 2.05) is 56.4 Å². The summed E-state index contributed by atoms with van der Waals surface area (Å²) < 4.78 is 1.11. The van der Waals surface area contributed by atoms with Gasteiger partial charge in [0, 0.05) is 29.5 Å². The molecule has 21 heavy (non-hydrogen) atoms. The van der Waals surface area contributed by atoms with E-state index >= 15 is 0 Å². The van der Waals surface area contributed by atoms with Gasteiger partial charge in [0.15, 0.2) is 5.78 Å². The van der Waals surface area contributed by atoms with Crippen LogP contribution in [0.2, 0.25) is 0 Å². The van der Waals surface area contributed by atoms with Gasteiger partial charge in [-0.3, -0.25) is 4.79 Å². The van der Waals surface area contributed by atoms with Gasteiger partial charge in [0.2, 0.25) is 0 Å². The Kier molecular flexibility index (Phi) is 5.71. The van der Waals surface area contributed by atoms with Gasteiger partial charge in [-0.25, -0.2) is 0 Å². The summed E-state index contributed by atoms with van der Waals surface area (Å²) in [5.41, 5.74) is 3.22. The smallest absolute Gasteiger partial charge is 0.164 e. The molecule has 0 heterocycles. The molecule has 0 spiro atoms. The highest BCUT2D eigenvalue weighted by Crippen LogP contribution is 2.17. The molecule has 0 saturated carbocycles. The molecule has 0 aliphatic rings. The van der Waals surface area contributed by atoms with Gasteiger partial charge in [0.25, 0.3) is 0 Å². The van der Waals surface area contributed by atoms with E-state index in [-0.39, 0.29) is 5.78 Å². The molecule has 0 aliphatic carbocycles. The maximum atomic E-state index is 12.1. The molecule has 2 rings (SSSR count). The molecular formula is C18H20BrNO. The minimum atomic E-state index is 0.203. The molecule has 110 valence electrons. The van der Waals surface area contributed by atoms with Crippen molar-refractivity contribution in [2.45, 2.75) is 19.9 Å². The Morgan fingerprint density at radius 2 is 1.76 bits per heavy atom. The average Bonchev–Trinajstić information content (AvgIpc) is 2.48. The lowest BCUT2D eigenvalue weighted by atomic mass is 10.1. The number of carbonyl (C=O) groups is 1. The SMILES string of the molecule is Cc1ccc(C(=O)CCN(C)Cc2ccccc2Br)cc1. The van der Waals surface area contributed by atoms with Crippen molar-refractivity contribution in [1.82, 2.24) is 4.90 Å². The van der Waals surface area contributed by atoms with Crippen molar-refractivity contribution in [3.8, 4) is 0 Å². The minimum Gasteiger partial charge on any atom is -0.302 e. The number of halogens is 1. The van der Waals surface area contributed by atoms with Gasteiger partial charge in [0.1, 0.15) is 0 Å². The van der Waals surface area contributed by atoms with E-state index in [2.05, 4.69) is 26.9 Å². The van der Waals surface area contributed by atoms with E-state index in [9.17, 15) is 4.79 Å². The Morgan fingerprint density at radius 3 is 2.43 bits per heavy atom. The Balaban J connectivity index is 1.86. The number of Topliss-reactive ketones (excluding diaryl/α,β-unsaturated/α-hetero) is 1. The molecule has 0 N–H and O–H groups in total. The van der Waals surface area contributed by atoms with Gasteiger partial charge >= 0.3 is 0 Å². The summed E-state index contributed by atoms with van der Waals surface area (Å²) in [5.74, 6) is 0.203. The molecule has 0 atom stereocenters. The number of benzene rings is 2. The van der Waals surface area contributed by atoms with Gasteiger partial charge in [-0.2, -0.15) is 0 Å². The second-order valence-electron chi connectivity index (χ2n) is 5.37. The van der Waals surface area contributed by atoms with E-state index in [1.165, 1.54) is 11.1 Å². The lowest BCUT2D eigenvalue weighted by Crippen LogP contribution is -2.21. The predicted molar refractivity (Wildman–Crippen MR) is 90.6 cm³/mol. The van der Waals surface area contributed by atoms with E-state index < -0.39 is 0 Å². The van der Waals surface area contributed by atoms with Crippen LogP contribution in [0.5, 0.6) is 0 Å². The van der Waals surface area contributed by atoms with Crippen LogP contribution >= 0.6 is 15.9 Å². The fourth-order valence-corrected chi connectivity index (χ4v) is 2.58. The highest BCUT2D eigenvalue weighted by atomic mass is 79.9. The third kappa shape index (κ3) is 4.80. The maximum absolute atomic E-state index is 12.1. The molecular weight excluding hydrogens is 326 g/mol. The zero-order valence-corrected chi connectivity index (χ0v) is 14.1. The molecule has 2 aromatic carbocycles. The molecule has 0 fully saturated rings. The topological polar surface area (TPSA) is 20.3 Å². The Labute approximate surface area is 134 Å². The fourth-order valence-electron chi connectivity index (χ4n) is 2.17. The van der Waals surface area contributed by atoms with Crippen molar-refractivity contribution in [2.24, 2.45) is 0 Å². The van der Waals surface area contributed by atoms with Crippen LogP contribution < -0.4 is 0 Å². The minimum absolute atomic E-state index is 0.203. The molecule has 0 bridgehead atoms. The van der Waals surface area contributed by atoms with Gasteiger partial charge in [0.05, 0.1) is 0 Å². The van der Waals surface area contributed by atoms with Crippen LogP contribution in [-0.4, -0.2) is 24.3 Å². The Hall–Kier alpha value is -1.45. The van der Waals surface area contributed by atoms with Crippen LogP contribution in [0.4, 0.5) is 0 Å². The molecule has 0 aliphatic heterocycles. The first-order chi connectivity index (χ1) is 10.1. The molecule has 2 aromatic rings. The van der Waals surface area contributed by atoms with Crippen molar-refractivity contribution in [1.29, 1.82) is 0 Å². The standard InChI is InChI=1S/C18H20BrNO/c1-14-7-9-15(10-8-14)18(21)11-12-20(2)13-16-5-3-4-6-17(16)19/h3-10H,11-13H2,1-2H3. The first kappa shape index (κ1) is 15.9. The summed E-state index contributed by atoms with van der Waals surface area (Å²) >= 11 is 3.55. The van der Waals surface area contributed by atoms with Gasteiger partial charge in [-0.1, -0.05) is 64.0 Å². The van der Waals surface area contributed by atoms with Crippen LogP contribution in [0, 0.1) is 6.92 Å². The number of rotatable bonds is 6. The maximum Gasteiger partial charge on any atom is 0.164 e. The summed E-state index contributed by atoms with van der Waals surface area (Å²) in [5, 5.41) is 0. The summed E-state index contributed by atoms with van der Waals surface area (Å²) in [6, 6.07) is 16.0. The largest absolute Gasteiger partial charge is 0.302 e. The number of hydrogen-bond acceptors (Lipinski definition) is 2. The van der Waals surface area contributed by atoms with Crippen LogP contribution in [-0.2, 0) is 6.54 Å². The van der Waals surface area contributed by atoms with E-state index in [4.69, 9.17) is 0 Å². The van der Waals surface area contributed by atoms with Crippen molar-refractivity contribution in [2.75, 3.05) is 13.6 Å². The monoisotopic (exact) mass is 345 g/mol. The highest BCUT2D eigenvalue weighted by Gasteiger charge is 2.08. The molecule has 0 amide bonds. The summed E-state index contributed by atoms with van der Waals surface area (Å²) in [4.78, 5) is 14.3. The van der Waals surface area contributed by atoms with Crippen molar-refractivity contribution >= 4 is 21.7 Å². The lowest BCUT2D eigenvalue weighted by Gasteiger charge is -2.17. The zero-order valence-electron chi connectivity index (χ0n) is 12.5. The normalized spacial score (nSPS) is 10.9. The third-order valence-electron chi connectivity index (χ3n) is 3.49. The molecule has 0 radical (unpaired) electrons. The summed E-state index contributed by atoms with van der Waals surface area (Å²) in [6.45, 7) is 3.62. The first-order valence-corrected chi connectivity index (χ1v) is 7.87. The van der Waals surface area contributed by atoms with Gasteiger partial charge in [-0.15, -0.1) is 0 Å². The van der Waals surface area contributed by atoms with Crippen molar-refractivity contribution < 1.29 is 4.79 Å². The van der Waals surface area contributed by atoms with Crippen LogP contribution in [0.25, 0.3) is 0 Å². The second-order valence-corrected chi connectivity index (χ2v) is 6.22. The number of carbonyl (C=O) groups excluding carboxylic acids is 1. The number of ketones is 1. The zero-order chi connectivity index (χ0) is 15.2. The third-order valence-corrected chi connectivity index (χ3v) is 4.27.